The number of anilines is 1. The third-order valence-corrected chi connectivity index (χ3v) is 2.85. The van der Waals surface area contributed by atoms with E-state index < -0.39 is 17.9 Å². The van der Waals surface area contributed by atoms with E-state index in [2.05, 4.69) is 15.6 Å². The topological polar surface area (TPSA) is 97.4 Å². The van der Waals surface area contributed by atoms with Gasteiger partial charge in [-0.15, -0.1) is 0 Å². The number of ether oxygens (including phenoxy) is 1. The zero-order chi connectivity index (χ0) is 14.5. The Labute approximate surface area is 115 Å². The molecule has 1 saturated heterocycles. The molecule has 1 aromatic heterocycles. The van der Waals surface area contributed by atoms with E-state index in [1.165, 1.54) is 6.20 Å². The van der Waals surface area contributed by atoms with Crippen LogP contribution in [0.4, 0.5) is 5.82 Å². The molecule has 0 aromatic carbocycles. The van der Waals surface area contributed by atoms with Gasteiger partial charge in [0.05, 0.1) is 6.61 Å². The third-order valence-electron chi connectivity index (χ3n) is 2.85. The summed E-state index contributed by atoms with van der Waals surface area (Å²) in [4.78, 5) is 38.6. The lowest BCUT2D eigenvalue weighted by Gasteiger charge is -2.23. The van der Waals surface area contributed by atoms with Crippen molar-refractivity contribution in [2.45, 2.75) is 25.8 Å². The van der Waals surface area contributed by atoms with Crippen LogP contribution in [0.25, 0.3) is 0 Å². The average Bonchev–Trinajstić information content (AvgIpc) is 2.43. The summed E-state index contributed by atoms with van der Waals surface area (Å²) in [5.74, 6) is -0.933. The smallest absolute Gasteiger partial charge is 0.341 e. The fourth-order valence-corrected chi connectivity index (χ4v) is 1.89. The Hall–Kier alpha value is -2.44. The van der Waals surface area contributed by atoms with Crippen LogP contribution < -0.4 is 10.6 Å². The highest BCUT2D eigenvalue weighted by atomic mass is 16.5. The number of hydrogen-bond acceptors (Lipinski definition) is 6. The molecule has 1 fully saturated rings. The largest absolute Gasteiger partial charge is 0.462 e. The van der Waals surface area contributed by atoms with E-state index in [0.29, 0.717) is 6.42 Å². The van der Waals surface area contributed by atoms with Crippen LogP contribution in [0.2, 0.25) is 0 Å². The van der Waals surface area contributed by atoms with E-state index in [1.54, 1.807) is 19.1 Å². The van der Waals surface area contributed by atoms with Crippen LogP contribution in [0.5, 0.6) is 0 Å². The van der Waals surface area contributed by atoms with Crippen LogP contribution in [0.1, 0.15) is 30.1 Å². The number of imide groups is 1. The maximum absolute atomic E-state index is 11.8. The zero-order valence-corrected chi connectivity index (χ0v) is 11.0. The normalized spacial score (nSPS) is 18.4. The highest BCUT2D eigenvalue weighted by Crippen LogP contribution is 2.17. The Kier molecular flexibility index (Phi) is 4.29. The van der Waals surface area contributed by atoms with Gasteiger partial charge in [-0.25, -0.2) is 9.78 Å². The van der Waals surface area contributed by atoms with Crippen molar-refractivity contribution in [3.63, 3.8) is 0 Å². The molecule has 0 aliphatic carbocycles. The zero-order valence-electron chi connectivity index (χ0n) is 11.0. The molecular formula is C13H15N3O4. The molecule has 1 aliphatic heterocycles. The summed E-state index contributed by atoms with van der Waals surface area (Å²) in [6.45, 7) is 1.97. The van der Waals surface area contributed by atoms with Crippen molar-refractivity contribution in [3.8, 4) is 0 Å². The number of carbonyl (C=O) groups is 3. The minimum atomic E-state index is -0.587. The van der Waals surface area contributed by atoms with Crippen molar-refractivity contribution >= 4 is 23.6 Å². The van der Waals surface area contributed by atoms with Crippen molar-refractivity contribution in [2.75, 3.05) is 11.9 Å². The average molecular weight is 277 g/mol. The maximum Gasteiger partial charge on any atom is 0.341 e. The summed E-state index contributed by atoms with van der Waals surface area (Å²) >= 11 is 0. The molecule has 1 atom stereocenters. The molecule has 2 rings (SSSR count). The van der Waals surface area contributed by atoms with E-state index in [9.17, 15) is 14.4 Å². The van der Waals surface area contributed by atoms with Crippen LogP contribution >= 0.6 is 0 Å². The van der Waals surface area contributed by atoms with Crippen LogP contribution in [-0.4, -0.2) is 35.4 Å². The van der Waals surface area contributed by atoms with E-state index >= 15 is 0 Å². The van der Waals surface area contributed by atoms with E-state index in [4.69, 9.17) is 4.74 Å². The molecule has 2 amide bonds. The van der Waals surface area contributed by atoms with Gasteiger partial charge in [-0.05, 0) is 25.5 Å². The van der Waals surface area contributed by atoms with Gasteiger partial charge < -0.3 is 10.1 Å². The van der Waals surface area contributed by atoms with Gasteiger partial charge in [-0.3, -0.25) is 14.9 Å². The molecule has 0 saturated carbocycles. The van der Waals surface area contributed by atoms with E-state index in [0.717, 1.165) is 0 Å². The van der Waals surface area contributed by atoms with Gasteiger partial charge >= 0.3 is 5.97 Å². The number of nitrogens with zero attached hydrogens (tertiary/aromatic N) is 1. The number of piperidine rings is 1. The molecule has 7 heteroatoms. The predicted molar refractivity (Wildman–Crippen MR) is 70.0 cm³/mol. The van der Waals surface area contributed by atoms with Gasteiger partial charge in [0.15, 0.2) is 0 Å². The van der Waals surface area contributed by atoms with Crippen LogP contribution in [0, 0.1) is 0 Å². The number of hydrogen-bond donors (Lipinski definition) is 2. The van der Waals surface area contributed by atoms with Crippen molar-refractivity contribution in [1.82, 2.24) is 10.3 Å². The lowest BCUT2D eigenvalue weighted by Crippen LogP contribution is -2.47. The fourth-order valence-electron chi connectivity index (χ4n) is 1.89. The summed E-state index contributed by atoms with van der Waals surface area (Å²) in [5, 5.41) is 5.12. The standard InChI is InChI=1S/C13H15N3O4/c1-2-20-13(19)8-4-3-7-14-11(8)15-9-5-6-10(17)16-12(9)18/h3-4,7,9H,2,5-6H2,1H3,(H,14,15)(H,16,17,18). The summed E-state index contributed by atoms with van der Waals surface area (Å²) in [7, 11) is 0. The van der Waals surface area contributed by atoms with Crippen molar-refractivity contribution in [1.29, 1.82) is 0 Å². The molecule has 106 valence electrons. The SMILES string of the molecule is CCOC(=O)c1cccnc1NC1CCC(=O)NC1=O. The Bertz CT molecular complexity index is 544. The summed E-state index contributed by atoms with van der Waals surface area (Å²) in [6, 6.07) is 2.59. The van der Waals surface area contributed by atoms with Gasteiger partial charge in [0.2, 0.25) is 11.8 Å². The second-order valence-electron chi connectivity index (χ2n) is 4.27. The summed E-state index contributed by atoms with van der Waals surface area (Å²) < 4.78 is 4.93. The Morgan fingerprint density at radius 1 is 1.55 bits per heavy atom. The first kappa shape index (κ1) is 14.0. The lowest BCUT2D eigenvalue weighted by atomic mass is 10.1. The number of carbonyl (C=O) groups excluding carboxylic acids is 3. The number of aromatic nitrogens is 1. The third kappa shape index (κ3) is 3.11. The lowest BCUT2D eigenvalue weighted by molar-refractivity contribution is -0.133. The Balaban J connectivity index is 2.15. The molecule has 0 radical (unpaired) electrons. The highest BCUT2D eigenvalue weighted by Gasteiger charge is 2.28. The van der Waals surface area contributed by atoms with Gasteiger partial charge in [0.1, 0.15) is 17.4 Å². The van der Waals surface area contributed by atoms with Crippen LogP contribution in [0.15, 0.2) is 18.3 Å². The molecule has 7 nitrogen and oxygen atoms in total. The van der Waals surface area contributed by atoms with Gasteiger partial charge in [-0.1, -0.05) is 0 Å². The van der Waals surface area contributed by atoms with E-state index in [1.807, 2.05) is 0 Å². The summed E-state index contributed by atoms with van der Waals surface area (Å²) in [6.07, 6.45) is 2.13. The molecule has 1 aliphatic rings. The number of amides is 2. The molecule has 1 unspecified atom stereocenters. The second kappa shape index (κ2) is 6.14. The molecule has 1 aromatic rings. The van der Waals surface area contributed by atoms with Crippen LogP contribution in [0.3, 0.4) is 0 Å². The first-order chi connectivity index (χ1) is 9.61. The minimum Gasteiger partial charge on any atom is -0.462 e. The van der Waals surface area contributed by atoms with Gasteiger partial charge in [0.25, 0.3) is 0 Å². The van der Waals surface area contributed by atoms with Crippen molar-refractivity contribution in [3.05, 3.63) is 23.9 Å². The number of esters is 1. The van der Waals surface area contributed by atoms with Gasteiger partial charge in [-0.2, -0.15) is 0 Å². The van der Waals surface area contributed by atoms with Crippen LogP contribution in [-0.2, 0) is 14.3 Å². The highest BCUT2D eigenvalue weighted by molar-refractivity contribution is 6.02. The molecule has 0 bridgehead atoms. The Morgan fingerprint density at radius 2 is 2.35 bits per heavy atom. The number of pyridine rings is 1. The minimum absolute atomic E-state index is 0.255. The number of rotatable bonds is 4. The van der Waals surface area contributed by atoms with Gasteiger partial charge in [0, 0.05) is 12.6 Å². The maximum atomic E-state index is 11.8. The van der Waals surface area contributed by atoms with E-state index in [-0.39, 0.29) is 30.3 Å². The molecule has 0 spiro atoms. The molecule has 20 heavy (non-hydrogen) atoms. The summed E-state index contributed by atoms with van der Waals surface area (Å²) in [5.41, 5.74) is 0.263. The monoisotopic (exact) mass is 277 g/mol. The Morgan fingerprint density at radius 3 is 3.05 bits per heavy atom. The molecule has 2 N–H and O–H groups in total. The molecular weight excluding hydrogens is 262 g/mol. The van der Waals surface area contributed by atoms with Crippen molar-refractivity contribution < 1.29 is 19.1 Å². The second-order valence-corrected chi connectivity index (χ2v) is 4.27. The molecule has 2 heterocycles. The van der Waals surface area contributed by atoms with Crippen molar-refractivity contribution in [2.24, 2.45) is 0 Å². The first-order valence-electron chi connectivity index (χ1n) is 6.34. The number of nitrogens with one attached hydrogen (secondary N) is 2. The fraction of sp³-hybridized carbons (Fsp3) is 0.385. The first-order valence-corrected chi connectivity index (χ1v) is 6.34. The quantitative estimate of drug-likeness (QED) is 0.613. The predicted octanol–water partition coefficient (Wildman–Crippen LogP) is 0.475.